The Morgan fingerprint density at radius 3 is 2.02 bits per heavy atom. The van der Waals surface area contributed by atoms with Crippen LogP contribution >= 0.6 is 0 Å². The van der Waals surface area contributed by atoms with E-state index >= 15 is 0 Å². The van der Waals surface area contributed by atoms with Crippen molar-refractivity contribution in [3.8, 4) is 67.5 Å². The molecule has 0 saturated carbocycles. The number of imidazole rings is 1. The zero-order valence-electron chi connectivity index (χ0n) is 46.9. The summed E-state index contributed by atoms with van der Waals surface area (Å²) in [6.07, 6.45) is 2.60. The van der Waals surface area contributed by atoms with Crippen molar-refractivity contribution in [1.82, 2.24) is 14.5 Å². The largest absolute Gasteiger partial charge is 0.507 e. The molecule has 0 aliphatic carbocycles. The van der Waals surface area contributed by atoms with Crippen molar-refractivity contribution in [2.24, 2.45) is 5.92 Å². The van der Waals surface area contributed by atoms with E-state index in [1.54, 1.807) is 24.4 Å². The van der Waals surface area contributed by atoms with Crippen molar-refractivity contribution in [2.75, 3.05) is 0 Å². The van der Waals surface area contributed by atoms with Crippen LogP contribution in [0.3, 0.4) is 0 Å². The number of benzene rings is 6. The lowest BCUT2D eigenvalue weighted by atomic mass is 9.83. The number of hydrogen-bond acceptors (Lipinski definition) is 3. The normalized spacial score (nSPS) is 15.1. The molecule has 8 rings (SSSR count). The van der Waals surface area contributed by atoms with Crippen LogP contribution in [-0.4, -0.2) is 19.6 Å². The van der Waals surface area contributed by atoms with Gasteiger partial charge in [0.2, 0.25) is 0 Å². The van der Waals surface area contributed by atoms with Crippen molar-refractivity contribution in [3.05, 3.63) is 167 Å². The van der Waals surface area contributed by atoms with Gasteiger partial charge in [-0.1, -0.05) is 161 Å². The molecule has 0 fully saturated rings. The topological polar surface area (TPSA) is 50.9 Å². The highest BCUT2D eigenvalue weighted by Crippen LogP contribution is 2.45. The molecule has 1 N–H and O–H groups in total. The third-order valence-electron chi connectivity index (χ3n) is 11.8. The van der Waals surface area contributed by atoms with E-state index in [4.69, 9.17) is 22.3 Å². The predicted molar refractivity (Wildman–Crippen MR) is 267 cm³/mol. The number of aromatic hydroxyl groups is 1. The van der Waals surface area contributed by atoms with E-state index < -0.39 is 26.0 Å². The average molecular weight is 839 g/mol. The summed E-state index contributed by atoms with van der Waals surface area (Å²) in [5.74, 6) is 1.25. The van der Waals surface area contributed by atoms with Crippen molar-refractivity contribution in [3.63, 3.8) is 0 Å². The van der Waals surface area contributed by atoms with E-state index in [1.165, 1.54) is 17.7 Å². The summed E-state index contributed by atoms with van der Waals surface area (Å²) in [6, 6.07) is 43.3. The van der Waals surface area contributed by atoms with Gasteiger partial charge in [-0.3, -0.25) is 9.55 Å². The average Bonchev–Trinajstić information content (AvgIpc) is 3.67. The highest BCUT2D eigenvalue weighted by atomic mass is 16.3. The molecule has 6 aromatic carbocycles. The summed E-state index contributed by atoms with van der Waals surface area (Å²) in [7, 11) is 0. The molecule has 0 radical (unpaired) electrons. The van der Waals surface area contributed by atoms with Crippen LogP contribution < -0.4 is 0 Å². The van der Waals surface area contributed by atoms with Crippen molar-refractivity contribution in [1.29, 1.82) is 0 Å². The van der Waals surface area contributed by atoms with Gasteiger partial charge in [-0.25, -0.2) is 4.98 Å². The van der Waals surface area contributed by atoms with Gasteiger partial charge in [-0.05, 0) is 129 Å². The monoisotopic (exact) mass is 839 g/mol. The molecule has 0 amide bonds. The Morgan fingerprint density at radius 2 is 1.33 bits per heavy atom. The summed E-state index contributed by atoms with van der Waals surface area (Å²) in [5.41, 5.74) is 9.94. The molecule has 0 bridgehead atoms. The minimum Gasteiger partial charge on any atom is -0.507 e. The second-order valence-corrected chi connectivity index (χ2v) is 19.5. The van der Waals surface area contributed by atoms with Crippen LogP contribution in [0.25, 0.3) is 72.7 Å². The fourth-order valence-corrected chi connectivity index (χ4v) is 8.55. The van der Waals surface area contributed by atoms with Crippen LogP contribution in [0.15, 0.2) is 140 Å². The number of para-hydroxylation sites is 1. The molecule has 320 valence electrons. The number of phenols is 1. The number of aryl methyl sites for hydroxylation is 1. The maximum Gasteiger partial charge on any atom is 0.149 e. The fourth-order valence-electron chi connectivity index (χ4n) is 8.55. The first-order valence-corrected chi connectivity index (χ1v) is 21.8. The molecule has 0 aliphatic rings. The van der Waals surface area contributed by atoms with Gasteiger partial charge in [0, 0.05) is 40.8 Å². The number of fused-ring (bicyclic) bond motifs is 1. The summed E-state index contributed by atoms with van der Waals surface area (Å²) in [4.78, 5) is 10.4. The van der Waals surface area contributed by atoms with E-state index in [9.17, 15) is 5.11 Å². The summed E-state index contributed by atoms with van der Waals surface area (Å²) in [6.45, 7) is 9.20. The molecule has 0 atom stereocenters. The van der Waals surface area contributed by atoms with Crippen molar-refractivity contribution < 1.29 is 17.4 Å². The number of pyridine rings is 1. The lowest BCUT2D eigenvalue weighted by molar-refractivity contribution is 0.448. The molecular formula is C59H63N3O. The quantitative estimate of drug-likeness (QED) is 0.166. The standard InChI is InChI=1S/C59H63N3O/c1-37(2)29-39-21-26-52(48(32-39)41-17-14-13-15-18-41)62-53-20-16-19-47(54(53)61-56(62)49-30-38(3)31-50(55(49)63)59(10,11)12)43-33-44(35-46(34-43)58(7,8)9)51-36-42(27-28-60-51)40-22-24-45(25-23-40)57(4,5)6/h13-28,30-37,63H,29H2,1-12H3/i4D3,5D3,6D3. The number of nitrogens with zero attached hydrogens (tertiary/aromatic N) is 3. The smallest absolute Gasteiger partial charge is 0.149 e. The predicted octanol–water partition coefficient (Wildman–Crippen LogP) is 15.9. The lowest BCUT2D eigenvalue weighted by Crippen LogP contribution is -2.12. The van der Waals surface area contributed by atoms with E-state index in [0.29, 0.717) is 34.1 Å². The summed E-state index contributed by atoms with van der Waals surface area (Å²) < 4.78 is 76.0. The molecule has 4 nitrogen and oxygen atoms in total. The van der Waals surface area contributed by atoms with Crippen LogP contribution in [0.1, 0.15) is 116 Å². The molecule has 0 spiro atoms. The van der Waals surface area contributed by atoms with Crippen LogP contribution in [0, 0.1) is 12.8 Å². The van der Waals surface area contributed by atoms with Gasteiger partial charge >= 0.3 is 0 Å². The SMILES string of the molecule is [2H]C([2H])([2H])C(c1ccc(-c2ccnc(-c3cc(-c4cccc5c4nc(-c4cc(C)cc(C(C)(C)C)c4O)n5-c4ccc(CC(C)C)cc4-c4ccccc4)cc(C(C)(C)C)c3)c2)cc1)(C([2H])([2H])[2H])C([2H])([2H])[2H]. The van der Waals surface area contributed by atoms with Gasteiger partial charge in [-0.15, -0.1) is 0 Å². The molecule has 0 saturated heterocycles. The summed E-state index contributed by atoms with van der Waals surface area (Å²) >= 11 is 0. The van der Waals surface area contributed by atoms with Gasteiger partial charge < -0.3 is 5.11 Å². The number of hydrogen-bond donors (Lipinski definition) is 1. The Bertz CT molecular complexity index is 3260. The van der Waals surface area contributed by atoms with E-state index in [-0.39, 0.29) is 22.1 Å². The van der Waals surface area contributed by atoms with E-state index in [1.807, 2.05) is 18.2 Å². The first kappa shape index (κ1) is 33.3. The molecule has 2 aromatic heterocycles. The fraction of sp³-hybridized carbons (Fsp3) is 0.288. The molecule has 0 aliphatic heterocycles. The third-order valence-corrected chi connectivity index (χ3v) is 11.8. The number of rotatable bonds is 8. The molecule has 2 heterocycles. The maximum atomic E-state index is 12.3. The van der Waals surface area contributed by atoms with Gasteiger partial charge in [0.25, 0.3) is 0 Å². The van der Waals surface area contributed by atoms with Crippen LogP contribution in [0.2, 0.25) is 0 Å². The van der Waals surface area contributed by atoms with Crippen molar-refractivity contribution in [2.45, 2.75) is 106 Å². The van der Waals surface area contributed by atoms with Gasteiger partial charge in [0.1, 0.15) is 11.6 Å². The number of phenolic OH excluding ortho intramolecular Hbond substituents is 1. The molecule has 63 heavy (non-hydrogen) atoms. The minimum atomic E-state index is -3.36. The van der Waals surface area contributed by atoms with E-state index in [0.717, 1.165) is 67.6 Å². The zero-order chi connectivity index (χ0) is 52.5. The highest BCUT2D eigenvalue weighted by molar-refractivity contribution is 5.98. The Balaban J connectivity index is 1.34. The molecule has 0 unspecified atom stereocenters. The Labute approximate surface area is 388 Å². The van der Waals surface area contributed by atoms with E-state index in [2.05, 4.69) is 152 Å². The second kappa shape index (κ2) is 16.5. The van der Waals surface area contributed by atoms with Gasteiger partial charge in [-0.2, -0.15) is 0 Å². The zero-order valence-corrected chi connectivity index (χ0v) is 37.9. The number of aromatic nitrogens is 3. The van der Waals surface area contributed by atoms with Gasteiger partial charge in [0.15, 0.2) is 0 Å². The molecule has 8 aromatic rings. The molecule has 4 heteroatoms. The maximum absolute atomic E-state index is 12.3. The lowest BCUT2D eigenvalue weighted by Gasteiger charge is -2.23. The summed E-state index contributed by atoms with van der Waals surface area (Å²) in [5, 5.41) is 12.3. The Kier molecular flexibility index (Phi) is 8.70. The molecular weight excluding hydrogens is 767 g/mol. The van der Waals surface area contributed by atoms with Crippen LogP contribution in [-0.2, 0) is 22.7 Å². The Hall–Kier alpha value is -6.26. The second-order valence-electron chi connectivity index (χ2n) is 19.5. The first-order valence-electron chi connectivity index (χ1n) is 26.3. The van der Waals surface area contributed by atoms with Crippen molar-refractivity contribution >= 4 is 11.0 Å². The van der Waals surface area contributed by atoms with Crippen LogP contribution in [0.5, 0.6) is 5.75 Å². The minimum absolute atomic E-state index is 0.188. The van der Waals surface area contributed by atoms with Gasteiger partial charge in [0.05, 0.1) is 28.0 Å². The third kappa shape index (κ3) is 8.87. The first-order chi connectivity index (χ1) is 33.5. The Morgan fingerprint density at radius 1 is 0.603 bits per heavy atom. The highest BCUT2D eigenvalue weighted by Gasteiger charge is 2.27. The van der Waals surface area contributed by atoms with Crippen LogP contribution in [0.4, 0.5) is 0 Å².